The van der Waals surface area contributed by atoms with E-state index in [0.29, 0.717) is 23.8 Å². The fourth-order valence-electron chi connectivity index (χ4n) is 2.68. The van der Waals surface area contributed by atoms with Gasteiger partial charge in [-0.3, -0.25) is 9.48 Å². The number of aryl methyl sites for hydroxylation is 2. The maximum absolute atomic E-state index is 12.0. The Hall–Kier alpha value is -0.870. The van der Waals surface area contributed by atoms with Crippen molar-refractivity contribution < 1.29 is 4.79 Å². The number of nitrogens with zero attached hydrogens (tertiary/aromatic N) is 2. The van der Waals surface area contributed by atoms with Crippen molar-refractivity contribution in [2.75, 3.05) is 13.1 Å². The van der Waals surface area contributed by atoms with Crippen molar-refractivity contribution in [2.45, 2.75) is 39.0 Å². The van der Waals surface area contributed by atoms with Gasteiger partial charge >= 0.3 is 0 Å². The van der Waals surface area contributed by atoms with Crippen LogP contribution in [0, 0.1) is 12.8 Å². The Balaban J connectivity index is 1.83. The standard InChI is InChI=1S/C14H22ClN3O/c1-10-14(15)13(18(2)17-10)8-12(19)6-5-11-4-3-7-16-9-11/h11,16H,3-9H2,1-2H3. The summed E-state index contributed by atoms with van der Waals surface area (Å²) in [5.74, 6) is 0.914. The topological polar surface area (TPSA) is 46.9 Å². The second-order valence-corrected chi connectivity index (χ2v) is 5.81. The highest BCUT2D eigenvalue weighted by Crippen LogP contribution is 2.21. The Morgan fingerprint density at radius 1 is 1.58 bits per heavy atom. The van der Waals surface area contributed by atoms with Crippen molar-refractivity contribution >= 4 is 17.4 Å². The van der Waals surface area contributed by atoms with Gasteiger partial charge in [-0.15, -0.1) is 0 Å². The Labute approximate surface area is 119 Å². The van der Waals surface area contributed by atoms with Crippen molar-refractivity contribution in [3.63, 3.8) is 0 Å². The molecule has 0 saturated carbocycles. The number of nitrogens with one attached hydrogen (secondary N) is 1. The first-order valence-electron chi connectivity index (χ1n) is 6.98. The second kappa shape index (κ2) is 6.53. The number of piperidine rings is 1. The van der Waals surface area contributed by atoms with Crippen molar-refractivity contribution in [3.05, 3.63) is 16.4 Å². The van der Waals surface area contributed by atoms with E-state index in [1.54, 1.807) is 4.68 Å². The molecule has 0 radical (unpaired) electrons. The maximum Gasteiger partial charge on any atom is 0.138 e. The summed E-state index contributed by atoms with van der Waals surface area (Å²) in [5.41, 5.74) is 1.63. The van der Waals surface area contributed by atoms with Crippen molar-refractivity contribution in [2.24, 2.45) is 13.0 Å². The largest absolute Gasteiger partial charge is 0.316 e. The minimum atomic E-state index is 0.260. The average Bonchev–Trinajstić information content (AvgIpc) is 2.64. The molecule has 1 aliphatic heterocycles. The molecular weight excluding hydrogens is 262 g/mol. The molecule has 0 bridgehead atoms. The van der Waals surface area contributed by atoms with Crippen LogP contribution in [0.3, 0.4) is 0 Å². The summed E-state index contributed by atoms with van der Waals surface area (Å²) in [6, 6.07) is 0. The normalized spacial score (nSPS) is 19.6. The van der Waals surface area contributed by atoms with E-state index in [2.05, 4.69) is 10.4 Å². The summed E-state index contributed by atoms with van der Waals surface area (Å²) in [6.07, 6.45) is 4.50. The Morgan fingerprint density at radius 3 is 2.95 bits per heavy atom. The van der Waals surface area contributed by atoms with E-state index in [0.717, 1.165) is 30.9 Å². The van der Waals surface area contributed by atoms with Crippen LogP contribution in [0.25, 0.3) is 0 Å². The predicted octanol–water partition coefficient (Wildman–Crippen LogP) is 2.27. The molecule has 0 amide bonds. The predicted molar refractivity (Wildman–Crippen MR) is 76.5 cm³/mol. The summed E-state index contributed by atoms with van der Waals surface area (Å²) < 4.78 is 1.72. The van der Waals surface area contributed by atoms with Gasteiger partial charge in [0.25, 0.3) is 0 Å². The summed E-state index contributed by atoms with van der Waals surface area (Å²) in [6.45, 7) is 4.04. The van der Waals surface area contributed by atoms with Gasteiger partial charge < -0.3 is 5.32 Å². The lowest BCUT2D eigenvalue weighted by molar-refractivity contribution is -0.118. The van der Waals surface area contributed by atoms with Gasteiger partial charge in [-0.25, -0.2) is 0 Å². The molecule has 1 N–H and O–H groups in total. The number of hydrogen-bond acceptors (Lipinski definition) is 3. The molecule has 106 valence electrons. The molecule has 0 spiro atoms. The lowest BCUT2D eigenvalue weighted by atomic mass is 9.93. The number of hydrogen-bond donors (Lipinski definition) is 1. The second-order valence-electron chi connectivity index (χ2n) is 5.44. The number of rotatable bonds is 5. The van der Waals surface area contributed by atoms with E-state index in [9.17, 15) is 4.79 Å². The third kappa shape index (κ3) is 3.80. The zero-order valence-corrected chi connectivity index (χ0v) is 12.5. The molecule has 0 aromatic carbocycles. The summed E-state index contributed by atoms with van der Waals surface area (Å²) in [5, 5.41) is 8.25. The molecule has 1 saturated heterocycles. The fraction of sp³-hybridized carbons (Fsp3) is 0.714. The number of aromatic nitrogens is 2. The fourth-order valence-corrected chi connectivity index (χ4v) is 2.91. The SMILES string of the molecule is Cc1nn(C)c(CC(=O)CCC2CCCNC2)c1Cl. The molecule has 2 heterocycles. The van der Waals surface area contributed by atoms with Gasteiger partial charge in [0.2, 0.25) is 0 Å². The molecule has 1 atom stereocenters. The molecule has 1 fully saturated rings. The summed E-state index contributed by atoms with van der Waals surface area (Å²) in [7, 11) is 1.84. The molecule has 1 aliphatic rings. The zero-order chi connectivity index (χ0) is 13.8. The molecule has 2 rings (SSSR count). The van der Waals surface area contributed by atoms with Gasteiger partial charge in [-0.2, -0.15) is 5.10 Å². The van der Waals surface area contributed by atoms with Gasteiger partial charge in [0.05, 0.1) is 16.4 Å². The lowest BCUT2D eigenvalue weighted by Crippen LogP contribution is -2.30. The van der Waals surface area contributed by atoms with Gasteiger partial charge in [0.1, 0.15) is 5.78 Å². The maximum atomic E-state index is 12.0. The van der Waals surface area contributed by atoms with E-state index in [1.807, 2.05) is 14.0 Å². The number of carbonyl (C=O) groups is 1. The molecule has 0 aliphatic carbocycles. The molecule has 1 aromatic heterocycles. The molecule has 19 heavy (non-hydrogen) atoms. The number of ketones is 1. The smallest absolute Gasteiger partial charge is 0.138 e. The van der Waals surface area contributed by atoms with E-state index in [1.165, 1.54) is 12.8 Å². The van der Waals surface area contributed by atoms with Crippen LogP contribution in [0.15, 0.2) is 0 Å². The average molecular weight is 284 g/mol. The van der Waals surface area contributed by atoms with Crippen LogP contribution >= 0.6 is 11.6 Å². The van der Waals surface area contributed by atoms with Crippen LogP contribution < -0.4 is 5.32 Å². The monoisotopic (exact) mass is 283 g/mol. The first kappa shape index (κ1) is 14.5. The minimum Gasteiger partial charge on any atom is -0.316 e. The Bertz CT molecular complexity index is 450. The zero-order valence-electron chi connectivity index (χ0n) is 11.7. The van der Waals surface area contributed by atoms with E-state index in [4.69, 9.17) is 11.6 Å². The van der Waals surface area contributed by atoms with Crippen LogP contribution in [0.2, 0.25) is 5.02 Å². The molecule has 4 nitrogen and oxygen atoms in total. The Kier molecular flexibility index (Phi) is 4.99. The number of carbonyl (C=O) groups excluding carboxylic acids is 1. The van der Waals surface area contributed by atoms with E-state index < -0.39 is 0 Å². The van der Waals surface area contributed by atoms with Gasteiger partial charge in [-0.1, -0.05) is 11.6 Å². The van der Waals surface area contributed by atoms with E-state index >= 15 is 0 Å². The Morgan fingerprint density at radius 2 is 2.37 bits per heavy atom. The quantitative estimate of drug-likeness (QED) is 0.902. The van der Waals surface area contributed by atoms with Crippen molar-refractivity contribution in [1.29, 1.82) is 0 Å². The van der Waals surface area contributed by atoms with Crippen molar-refractivity contribution in [3.8, 4) is 0 Å². The van der Waals surface area contributed by atoms with Gasteiger partial charge in [-0.05, 0) is 45.2 Å². The molecular formula is C14H22ClN3O. The summed E-state index contributed by atoms with van der Waals surface area (Å²) >= 11 is 6.16. The van der Waals surface area contributed by atoms with Gasteiger partial charge in [0, 0.05) is 19.9 Å². The third-order valence-electron chi connectivity index (χ3n) is 3.86. The molecule has 5 heteroatoms. The van der Waals surface area contributed by atoms with Crippen LogP contribution in [0.5, 0.6) is 0 Å². The van der Waals surface area contributed by atoms with Crippen LogP contribution in [-0.4, -0.2) is 28.7 Å². The van der Waals surface area contributed by atoms with Crippen LogP contribution in [0.1, 0.15) is 37.1 Å². The number of Topliss-reactive ketones (excluding diaryl/α,β-unsaturated/α-hetero) is 1. The third-order valence-corrected chi connectivity index (χ3v) is 4.35. The van der Waals surface area contributed by atoms with Crippen molar-refractivity contribution in [1.82, 2.24) is 15.1 Å². The highest BCUT2D eigenvalue weighted by molar-refractivity contribution is 6.32. The minimum absolute atomic E-state index is 0.260. The number of halogens is 1. The van der Waals surface area contributed by atoms with Crippen LogP contribution in [0.4, 0.5) is 0 Å². The summed E-state index contributed by atoms with van der Waals surface area (Å²) in [4.78, 5) is 12.0. The van der Waals surface area contributed by atoms with Crippen LogP contribution in [-0.2, 0) is 18.3 Å². The lowest BCUT2D eigenvalue weighted by Gasteiger charge is -2.22. The molecule has 1 aromatic rings. The van der Waals surface area contributed by atoms with E-state index in [-0.39, 0.29) is 5.78 Å². The molecule has 1 unspecified atom stereocenters. The first-order chi connectivity index (χ1) is 9.08. The highest BCUT2D eigenvalue weighted by atomic mass is 35.5. The van der Waals surface area contributed by atoms with Gasteiger partial charge in [0.15, 0.2) is 0 Å². The first-order valence-corrected chi connectivity index (χ1v) is 7.36. The highest BCUT2D eigenvalue weighted by Gasteiger charge is 2.17.